The molecule has 1 aliphatic rings. The average Bonchev–Trinajstić information content (AvgIpc) is 2.45. The van der Waals surface area contributed by atoms with Gasteiger partial charge in [0.05, 0.1) is 6.61 Å². The van der Waals surface area contributed by atoms with Gasteiger partial charge in [-0.2, -0.15) is 0 Å². The maximum Gasteiger partial charge on any atom is 0.126 e. The Balaban J connectivity index is 2.65. The van der Waals surface area contributed by atoms with Crippen LogP contribution in [0.3, 0.4) is 0 Å². The van der Waals surface area contributed by atoms with Crippen molar-refractivity contribution < 1.29 is 4.74 Å². The fourth-order valence-corrected chi connectivity index (χ4v) is 2.69. The molecule has 2 rings (SSSR count). The van der Waals surface area contributed by atoms with Crippen LogP contribution in [0, 0.1) is 13.8 Å². The molecular weight excluding hydrogens is 198 g/mol. The predicted octanol–water partition coefficient (Wildman–Crippen LogP) is 2.69. The van der Waals surface area contributed by atoms with Crippen LogP contribution in [0.2, 0.25) is 0 Å². The van der Waals surface area contributed by atoms with E-state index < -0.39 is 0 Å². The van der Waals surface area contributed by atoms with Crippen molar-refractivity contribution in [3.8, 4) is 5.75 Å². The predicted molar refractivity (Wildman–Crippen MR) is 67.1 cm³/mol. The fraction of sp³-hybridized carbons (Fsp3) is 0.571. The van der Waals surface area contributed by atoms with Crippen LogP contribution in [0.25, 0.3) is 0 Å². The molecule has 1 heterocycles. The van der Waals surface area contributed by atoms with Crippen molar-refractivity contribution in [2.75, 3.05) is 13.2 Å². The van der Waals surface area contributed by atoms with Crippen molar-refractivity contribution in [1.82, 2.24) is 0 Å². The van der Waals surface area contributed by atoms with Crippen LogP contribution in [0.15, 0.2) is 12.1 Å². The minimum Gasteiger partial charge on any atom is -0.493 e. The van der Waals surface area contributed by atoms with Gasteiger partial charge in [0.15, 0.2) is 0 Å². The molecule has 0 saturated carbocycles. The lowest BCUT2D eigenvalue weighted by Crippen LogP contribution is -2.32. The fourth-order valence-electron chi connectivity index (χ4n) is 2.69. The zero-order chi connectivity index (χ0) is 11.8. The Hall–Kier alpha value is -1.02. The van der Waals surface area contributed by atoms with Crippen molar-refractivity contribution in [3.63, 3.8) is 0 Å². The third kappa shape index (κ3) is 1.71. The first-order valence-corrected chi connectivity index (χ1v) is 6.02. The number of hydrogen-bond donors (Lipinski definition) is 1. The molecule has 0 aliphatic carbocycles. The SMILES string of the molecule is Cc1ccc(C)c2c1OCCCC2(C)CN. The minimum absolute atomic E-state index is 0.0714. The van der Waals surface area contributed by atoms with Crippen LogP contribution < -0.4 is 10.5 Å². The van der Waals surface area contributed by atoms with Crippen LogP contribution in [-0.2, 0) is 5.41 Å². The van der Waals surface area contributed by atoms with E-state index >= 15 is 0 Å². The Morgan fingerprint density at radius 3 is 2.69 bits per heavy atom. The van der Waals surface area contributed by atoms with E-state index in [1.54, 1.807) is 0 Å². The van der Waals surface area contributed by atoms with Crippen molar-refractivity contribution in [2.45, 2.75) is 39.0 Å². The largest absolute Gasteiger partial charge is 0.493 e. The van der Waals surface area contributed by atoms with E-state index in [-0.39, 0.29) is 5.41 Å². The zero-order valence-corrected chi connectivity index (χ0v) is 10.5. The van der Waals surface area contributed by atoms with Gasteiger partial charge >= 0.3 is 0 Å². The lowest BCUT2D eigenvalue weighted by molar-refractivity contribution is 0.311. The summed E-state index contributed by atoms with van der Waals surface area (Å²) in [5.74, 6) is 1.07. The van der Waals surface area contributed by atoms with Gasteiger partial charge in [0.2, 0.25) is 0 Å². The quantitative estimate of drug-likeness (QED) is 0.788. The molecule has 0 aromatic heterocycles. The zero-order valence-electron chi connectivity index (χ0n) is 10.5. The molecule has 0 fully saturated rings. The molecule has 16 heavy (non-hydrogen) atoms. The maximum atomic E-state index is 5.99. The number of hydrogen-bond acceptors (Lipinski definition) is 2. The molecule has 88 valence electrons. The molecule has 1 aliphatic heterocycles. The van der Waals surface area contributed by atoms with E-state index in [0.717, 1.165) is 25.2 Å². The molecule has 0 amide bonds. The van der Waals surface area contributed by atoms with E-state index in [1.165, 1.54) is 16.7 Å². The highest BCUT2D eigenvalue weighted by Crippen LogP contribution is 2.41. The lowest BCUT2D eigenvalue weighted by atomic mass is 9.76. The second kappa shape index (κ2) is 4.10. The Morgan fingerprint density at radius 2 is 2.00 bits per heavy atom. The van der Waals surface area contributed by atoms with Crippen molar-refractivity contribution >= 4 is 0 Å². The van der Waals surface area contributed by atoms with Crippen LogP contribution >= 0.6 is 0 Å². The molecule has 2 nitrogen and oxygen atoms in total. The van der Waals surface area contributed by atoms with E-state index in [4.69, 9.17) is 10.5 Å². The second-order valence-electron chi connectivity index (χ2n) is 5.12. The topological polar surface area (TPSA) is 35.2 Å². The van der Waals surface area contributed by atoms with Gasteiger partial charge < -0.3 is 10.5 Å². The number of rotatable bonds is 1. The molecule has 0 spiro atoms. The lowest BCUT2D eigenvalue weighted by Gasteiger charge is -2.30. The Kier molecular flexibility index (Phi) is 2.94. The summed E-state index contributed by atoms with van der Waals surface area (Å²) in [6, 6.07) is 4.31. The smallest absolute Gasteiger partial charge is 0.126 e. The van der Waals surface area contributed by atoms with Gasteiger partial charge in [0, 0.05) is 17.5 Å². The number of nitrogens with two attached hydrogens (primary N) is 1. The highest BCUT2D eigenvalue weighted by molar-refractivity contribution is 5.50. The molecule has 1 unspecified atom stereocenters. The van der Waals surface area contributed by atoms with Gasteiger partial charge in [0.1, 0.15) is 5.75 Å². The summed E-state index contributed by atoms with van der Waals surface area (Å²) in [4.78, 5) is 0. The van der Waals surface area contributed by atoms with Crippen molar-refractivity contribution in [3.05, 3.63) is 28.8 Å². The summed E-state index contributed by atoms with van der Waals surface area (Å²) in [5.41, 5.74) is 9.91. The van der Waals surface area contributed by atoms with E-state index in [1.807, 2.05) is 0 Å². The molecule has 0 bridgehead atoms. The van der Waals surface area contributed by atoms with Gasteiger partial charge in [-0.05, 0) is 37.8 Å². The summed E-state index contributed by atoms with van der Waals surface area (Å²) in [5, 5.41) is 0. The van der Waals surface area contributed by atoms with Gasteiger partial charge in [-0.1, -0.05) is 19.1 Å². The number of fused-ring (bicyclic) bond motifs is 1. The van der Waals surface area contributed by atoms with Gasteiger partial charge in [0.25, 0.3) is 0 Å². The molecule has 0 saturated heterocycles. The number of aryl methyl sites for hydroxylation is 2. The highest BCUT2D eigenvalue weighted by Gasteiger charge is 2.32. The van der Waals surface area contributed by atoms with E-state index in [2.05, 4.69) is 32.9 Å². The summed E-state index contributed by atoms with van der Waals surface area (Å²) >= 11 is 0. The van der Waals surface area contributed by atoms with Crippen LogP contribution in [-0.4, -0.2) is 13.2 Å². The van der Waals surface area contributed by atoms with Gasteiger partial charge in [-0.25, -0.2) is 0 Å². The molecule has 1 aromatic carbocycles. The average molecular weight is 219 g/mol. The maximum absolute atomic E-state index is 5.99. The first kappa shape index (κ1) is 11.5. The first-order chi connectivity index (χ1) is 7.58. The Morgan fingerprint density at radius 1 is 1.31 bits per heavy atom. The standard InChI is InChI=1S/C14H21NO/c1-10-5-6-11(2)13-12(10)14(3,9-15)7-4-8-16-13/h5-6H,4,7-9,15H2,1-3H3. The Labute approximate surface area is 97.8 Å². The van der Waals surface area contributed by atoms with Crippen LogP contribution in [0.4, 0.5) is 0 Å². The Bertz CT molecular complexity index is 400. The first-order valence-electron chi connectivity index (χ1n) is 6.02. The third-order valence-electron chi connectivity index (χ3n) is 3.74. The third-order valence-corrected chi connectivity index (χ3v) is 3.74. The molecule has 2 N–H and O–H groups in total. The normalized spacial score (nSPS) is 24.5. The molecule has 0 radical (unpaired) electrons. The van der Waals surface area contributed by atoms with Gasteiger partial charge in [-0.15, -0.1) is 0 Å². The van der Waals surface area contributed by atoms with Crippen LogP contribution in [0.5, 0.6) is 5.75 Å². The second-order valence-corrected chi connectivity index (χ2v) is 5.12. The van der Waals surface area contributed by atoms with E-state index in [9.17, 15) is 0 Å². The molecular formula is C14H21NO. The minimum atomic E-state index is 0.0714. The molecule has 1 aromatic rings. The van der Waals surface area contributed by atoms with Crippen molar-refractivity contribution in [1.29, 1.82) is 0 Å². The number of ether oxygens (including phenoxy) is 1. The van der Waals surface area contributed by atoms with Crippen molar-refractivity contribution in [2.24, 2.45) is 5.73 Å². The summed E-state index contributed by atoms with van der Waals surface area (Å²) in [7, 11) is 0. The summed E-state index contributed by atoms with van der Waals surface area (Å²) < 4.78 is 5.90. The molecule has 1 atom stereocenters. The van der Waals surface area contributed by atoms with Gasteiger partial charge in [-0.3, -0.25) is 0 Å². The van der Waals surface area contributed by atoms with E-state index in [0.29, 0.717) is 6.54 Å². The molecule has 2 heteroatoms. The highest BCUT2D eigenvalue weighted by atomic mass is 16.5. The number of benzene rings is 1. The monoisotopic (exact) mass is 219 g/mol. The summed E-state index contributed by atoms with van der Waals surface area (Å²) in [6.45, 7) is 8.02. The summed E-state index contributed by atoms with van der Waals surface area (Å²) in [6.07, 6.45) is 2.20. The van der Waals surface area contributed by atoms with Crippen LogP contribution in [0.1, 0.15) is 36.5 Å².